The number of likely N-dealkylation sites (N-methyl/N-ethyl adjacent to an activating group) is 1. The Bertz CT molecular complexity index is 664. The van der Waals surface area contributed by atoms with Crippen LogP contribution in [0.2, 0.25) is 0 Å². The van der Waals surface area contributed by atoms with E-state index in [0.717, 1.165) is 50.6 Å². The van der Waals surface area contributed by atoms with E-state index in [1.54, 1.807) is 6.20 Å². The Kier molecular flexibility index (Phi) is 6.01. The Balaban J connectivity index is 1.48. The van der Waals surface area contributed by atoms with Crippen molar-refractivity contribution in [3.8, 4) is 0 Å². The van der Waals surface area contributed by atoms with E-state index >= 15 is 0 Å². The number of benzene rings is 1. The first-order valence-electron chi connectivity index (χ1n) is 9.01. The number of nitrogens with one attached hydrogen (secondary N) is 1. The highest BCUT2D eigenvalue weighted by Crippen LogP contribution is 2.16. The summed E-state index contributed by atoms with van der Waals surface area (Å²) in [7, 11) is 0. The molecule has 25 heavy (non-hydrogen) atoms. The van der Waals surface area contributed by atoms with Gasteiger partial charge in [0.15, 0.2) is 0 Å². The van der Waals surface area contributed by atoms with Crippen molar-refractivity contribution in [2.75, 3.05) is 42.9 Å². The number of carbonyl (C=O) groups is 1. The standard InChI is InChI=1S/C20H26N4O/c1-2-23-12-14-24(15-13-23)19-10-9-18(16-21-19)22-20(25)11-8-17-6-4-3-5-7-17/h3-7,9-10,16H,2,8,11-15H2,1H3,(H,22,25). The summed E-state index contributed by atoms with van der Waals surface area (Å²) in [5, 5.41) is 2.93. The highest BCUT2D eigenvalue weighted by atomic mass is 16.1. The lowest BCUT2D eigenvalue weighted by Crippen LogP contribution is -2.46. The molecular weight excluding hydrogens is 312 g/mol. The number of amides is 1. The van der Waals surface area contributed by atoms with Gasteiger partial charge in [0.25, 0.3) is 0 Å². The molecule has 0 radical (unpaired) electrons. The molecule has 1 aliphatic heterocycles. The third-order valence-corrected chi connectivity index (χ3v) is 4.66. The number of pyridine rings is 1. The lowest BCUT2D eigenvalue weighted by atomic mass is 10.1. The average molecular weight is 338 g/mol. The Morgan fingerprint density at radius 2 is 1.84 bits per heavy atom. The zero-order valence-electron chi connectivity index (χ0n) is 14.8. The van der Waals surface area contributed by atoms with Crippen LogP contribution in [-0.4, -0.2) is 48.5 Å². The van der Waals surface area contributed by atoms with E-state index < -0.39 is 0 Å². The van der Waals surface area contributed by atoms with Gasteiger partial charge in [0.05, 0.1) is 11.9 Å². The topological polar surface area (TPSA) is 48.5 Å². The molecule has 2 heterocycles. The van der Waals surface area contributed by atoms with Crippen LogP contribution in [0.15, 0.2) is 48.7 Å². The molecule has 0 unspecified atom stereocenters. The maximum atomic E-state index is 12.1. The molecule has 132 valence electrons. The second kappa shape index (κ2) is 8.62. The van der Waals surface area contributed by atoms with E-state index in [0.29, 0.717) is 6.42 Å². The highest BCUT2D eigenvalue weighted by Gasteiger charge is 2.16. The smallest absolute Gasteiger partial charge is 0.224 e. The summed E-state index contributed by atoms with van der Waals surface area (Å²) >= 11 is 0. The van der Waals surface area contributed by atoms with Gasteiger partial charge in [-0.3, -0.25) is 4.79 Å². The number of piperazine rings is 1. The fourth-order valence-electron chi connectivity index (χ4n) is 3.07. The quantitative estimate of drug-likeness (QED) is 0.880. The SMILES string of the molecule is CCN1CCN(c2ccc(NC(=O)CCc3ccccc3)cn2)CC1. The van der Waals surface area contributed by atoms with Crippen LogP contribution in [-0.2, 0) is 11.2 Å². The third-order valence-electron chi connectivity index (χ3n) is 4.66. The van der Waals surface area contributed by atoms with Gasteiger partial charge in [0.1, 0.15) is 5.82 Å². The van der Waals surface area contributed by atoms with Crippen molar-refractivity contribution < 1.29 is 4.79 Å². The largest absolute Gasteiger partial charge is 0.354 e. The average Bonchev–Trinajstić information content (AvgIpc) is 2.68. The molecule has 1 saturated heterocycles. The molecular formula is C20H26N4O. The van der Waals surface area contributed by atoms with Crippen LogP contribution >= 0.6 is 0 Å². The fourth-order valence-corrected chi connectivity index (χ4v) is 3.07. The van der Waals surface area contributed by atoms with Crippen LogP contribution in [0.25, 0.3) is 0 Å². The zero-order chi connectivity index (χ0) is 17.5. The molecule has 5 heteroatoms. The van der Waals surface area contributed by atoms with Gasteiger partial charge < -0.3 is 15.1 Å². The first kappa shape index (κ1) is 17.4. The van der Waals surface area contributed by atoms with Crippen molar-refractivity contribution in [1.82, 2.24) is 9.88 Å². The van der Waals surface area contributed by atoms with Crippen LogP contribution < -0.4 is 10.2 Å². The molecule has 1 N–H and O–H groups in total. The van der Waals surface area contributed by atoms with E-state index in [-0.39, 0.29) is 5.91 Å². The number of hydrogen-bond donors (Lipinski definition) is 1. The van der Waals surface area contributed by atoms with Crippen LogP contribution in [0.4, 0.5) is 11.5 Å². The summed E-state index contributed by atoms with van der Waals surface area (Å²) in [6, 6.07) is 14.0. The van der Waals surface area contributed by atoms with Crippen molar-refractivity contribution in [1.29, 1.82) is 0 Å². The minimum Gasteiger partial charge on any atom is -0.354 e. The summed E-state index contributed by atoms with van der Waals surface area (Å²) in [5.41, 5.74) is 1.94. The van der Waals surface area contributed by atoms with Crippen LogP contribution in [0, 0.1) is 0 Å². The van der Waals surface area contributed by atoms with Crippen LogP contribution in [0.1, 0.15) is 18.9 Å². The summed E-state index contributed by atoms with van der Waals surface area (Å²) in [6.07, 6.45) is 2.98. The minimum atomic E-state index is 0.0231. The van der Waals surface area contributed by atoms with Crippen LogP contribution in [0.5, 0.6) is 0 Å². The lowest BCUT2D eigenvalue weighted by Gasteiger charge is -2.34. The predicted octanol–water partition coefficient (Wildman–Crippen LogP) is 2.79. The molecule has 3 rings (SSSR count). The highest BCUT2D eigenvalue weighted by molar-refractivity contribution is 5.90. The molecule has 1 amide bonds. The summed E-state index contributed by atoms with van der Waals surface area (Å²) < 4.78 is 0. The minimum absolute atomic E-state index is 0.0231. The monoisotopic (exact) mass is 338 g/mol. The molecule has 0 aliphatic carbocycles. The molecule has 1 fully saturated rings. The first-order chi connectivity index (χ1) is 12.2. The Morgan fingerprint density at radius 1 is 1.08 bits per heavy atom. The van der Waals surface area contributed by atoms with E-state index in [4.69, 9.17) is 0 Å². The van der Waals surface area contributed by atoms with E-state index in [2.05, 4.69) is 27.0 Å². The zero-order valence-corrected chi connectivity index (χ0v) is 14.8. The van der Waals surface area contributed by atoms with Gasteiger partial charge in [-0.05, 0) is 30.7 Å². The normalized spacial score (nSPS) is 15.2. The summed E-state index contributed by atoms with van der Waals surface area (Å²) in [6.45, 7) is 7.47. The maximum absolute atomic E-state index is 12.1. The third kappa shape index (κ3) is 5.03. The maximum Gasteiger partial charge on any atom is 0.224 e. The summed E-state index contributed by atoms with van der Waals surface area (Å²) in [4.78, 5) is 21.3. The fraction of sp³-hybridized carbons (Fsp3) is 0.400. The second-order valence-electron chi connectivity index (χ2n) is 6.36. The van der Waals surface area contributed by atoms with Gasteiger partial charge in [-0.1, -0.05) is 37.3 Å². The van der Waals surface area contributed by atoms with Gasteiger partial charge >= 0.3 is 0 Å². The Labute approximate surface area is 149 Å². The van der Waals surface area contributed by atoms with Crippen molar-refractivity contribution in [3.63, 3.8) is 0 Å². The first-order valence-corrected chi connectivity index (χ1v) is 9.01. The molecule has 0 bridgehead atoms. The molecule has 0 spiro atoms. The number of aromatic nitrogens is 1. The molecule has 2 aromatic rings. The van der Waals surface area contributed by atoms with Crippen molar-refractivity contribution >= 4 is 17.4 Å². The number of carbonyl (C=O) groups excluding carboxylic acids is 1. The van der Waals surface area contributed by atoms with Gasteiger partial charge in [-0.15, -0.1) is 0 Å². The number of hydrogen-bond acceptors (Lipinski definition) is 4. The van der Waals surface area contributed by atoms with E-state index in [9.17, 15) is 4.79 Å². The van der Waals surface area contributed by atoms with Gasteiger partial charge in [-0.2, -0.15) is 0 Å². The van der Waals surface area contributed by atoms with Crippen molar-refractivity contribution in [2.45, 2.75) is 19.8 Å². The van der Waals surface area contributed by atoms with Crippen LogP contribution in [0.3, 0.4) is 0 Å². The van der Waals surface area contributed by atoms with E-state index in [1.165, 1.54) is 5.56 Å². The molecule has 0 saturated carbocycles. The Hall–Kier alpha value is -2.40. The number of nitrogens with zero attached hydrogens (tertiary/aromatic N) is 3. The number of rotatable bonds is 6. The van der Waals surface area contributed by atoms with Crippen molar-refractivity contribution in [2.24, 2.45) is 0 Å². The van der Waals surface area contributed by atoms with Gasteiger partial charge in [0, 0.05) is 32.6 Å². The molecule has 1 aliphatic rings. The van der Waals surface area contributed by atoms with Gasteiger partial charge in [0.2, 0.25) is 5.91 Å². The molecule has 0 atom stereocenters. The number of anilines is 2. The summed E-state index contributed by atoms with van der Waals surface area (Å²) in [5.74, 6) is 1.01. The predicted molar refractivity (Wildman–Crippen MR) is 102 cm³/mol. The lowest BCUT2D eigenvalue weighted by molar-refractivity contribution is -0.116. The molecule has 1 aromatic heterocycles. The van der Waals surface area contributed by atoms with Crippen molar-refractivity contribution in [3.05, 3.63) is 54.2 Å². The molecule has 1 aromatic carbocycles. The van der Waals surface area contributed by atoms with E-state index in [1.807, 2.05) is 42.5 Å². The Morgan fingerprint density at radius 3 is 2.48 bits per heavy atom. The second-order valence-corrected chi connectivity index (χ2v) is 6.36. The number of aryl methyl sites for hydroxylation is 1. The molecule has 5 nitrogen and oxygen atoms in total. The van der Waals surface area contributed by atoms with Gasteiger partial charge in [-0.25, -0.2) is 4.98 Å².